The molecule has 0 atom stereocenters. The predicted molar refractivity (Wildman–Crippen MR) is 121 cm³/mol. The van der Waals surface area contributed by atoms with E-state index in [9.17, 15) is 10.1 Å². The van der Waals surface area contributed by atoms with Crippen LogP contribution in [0.15, 0.2) is 72.4 Å². The fourth-order valence-corrected chi connectivity index (χ4v) is 4.36. The fraction of sp³-hybridized carbons (Fsp3) is 0.360. The van der Waals surface area contributed by atoms with Crippen molar-refractivity contribution in [3.63, 3.8) is 0 Å². The van der Waals surface area contributed by atoms with Crippen molar-refractivity contribution in [3.8, 4) is 6.07 Å². The summed E-state index contributed by atoms with van der Waals surface area (Å²) in [6.07, 6.45) is 1.74. The number of rotatable bonds is 5. The normalized spacial score (nSPS) is 18.1. The lowest BCUT2D eigenvalue weighted by Crippen LogP contribution is -2.50. The number of nitrogens with one attached hydrogen (secondary N) is 1. The molecular weight excluding hydrogens is 386 g/mol. The van der Waals surface area contributed by atoms with Gasteiger partial charge in [0.05, 0.1) is 6.04 Å². The summed E-state index contributed by atoms with van der Waals surface area (Å²) >= 11 is 0. The summed E-state index contributed by atoms with van der Waals surface area (Å²) in [5.41, 5.74) is 2.74. The highest BCUT2D eigenvalue weighted by Crippen LogP contribution is 2.29. The molecular formula is C25H29N5O. The van der Waals surface area contributed by atoms with Gasteiger partial charge in [-0.25, -0.2) is 0 Å². The van der Waals surface area contributed by atoms with Crippen molar-refractivity contribution in [2.45, 2.75) is 6.04 Å². The van der Waals surface area contributed by atoms with E-state index in [0.29, 0.717) is 13.1 Å². The Morgan fingerprint density at radius 1 is 0.871 bits per heavy atom. The van der Waals surface area contributed by atoms with E-state index in [2.05, 4.69) is 69.7 Å². The molecule has 0 aliphatic carbocycles. The fourth-order valence-electron chi connectivity index (χ4n) is 4.36. The number of nitriles is 1. The van der Waals surface area contributed by atoms with Crippen LogP contribution in [-0.2, 0) is 4.79 Å². The van der Waals surface area contributed by atoms with Crippen LogP contribution in [0.5, 0.6) is 0 Å². The van der Waals surface area contributed by atoms with E-state index in [-0.39, 0.29) is 17.5 Å². The topological polar surface area (TPSA) is 62.6 Å². The molecule has 0 saturated carbocycles. The molecule has 2 aliphatic heterocycles. The minimum Gasteiger partial charge on any atom is -0.374 e. The summed E-state index contributed by atoms with van der Waals surface area (Å²) in [5.74, 6) is -0.156. The second kappa shape index (κ2) is 10.3. The lowest BCUT2D eigenvalue weighted by molar-refractivity contribution is -0.128. The highest BCUT2D eigenvalue weighted by molar-refractivity contribution is 5.97. The van der Waals surface area contributed by atoms with Crippen LogP contribution >= 0.6 is 0 Å². The second-order valence-corrected chi connectivity index (χ2v) is 7.99. The average Bonchev–Trinajstić information content (AvgIpc) is 2.85. The van der Waals surface area contributed by atoms with Crippen molar-refractivity contribution >= 4 is 5.91 Å². The molecule has 4 rings (SSSR count). The quantitative estimate of drug-likeness (QED) is 0.599. The van der Waals surface area contributed by atoms with E-state index in [1.165, 1.54) is 11.1 Å². The first kappa shape index (κ1) is 21.1. The van der Waals surface area contributed by atoms with Gasteiger partial charge in [-0.15, -0.1) is 0 Å². The minimum absolute atomic E-state index is 0.156. The Morgan fingerprint density at radius 3 is 1.94 bits per heavy atom. The number of amides is 1. The third-order valence-electron chi connectivity index (χ3n) is 6.01. The van der Waals surface area contributed by atoms with Crippen LogP contribution < -0.4 is 5.32 Å². The third-order valence-corrected chi connectivity index (χ3v) is 6.01. The number of benzene rings is 2. The maximum absolute atomic E-state index is 13.0. The molecule has 2 saturated heterocycles. The van der Waals surface area contributed by atoms with Crippen LogP contribution in [0.25, 0.3) is 0 Å². The number of piperazine rings is 2. The van der Waals surface area contributed by atoms with Crippen LogP contribution in [0.2, 0.25) is 0 Å². The van der Waals surface area contributed by atoms with Gasteiger partial charge in [-0.1, -0.05) is 60.7 Å². The SMILES string of the molecule is N#C/C(=C/N1CCNCC1)C(=O)N1CCN(C(c2ccccc2)c2ccccc2)CC1. The molecule has 0 aromatic heterocycles. The molecule has 160 valence electrons. The molecule has 0 spiro atoms. The van der Waals surface area contributed by atoms with Gasteiger partial charge in [0.15, 0.2) is 0 Å². The van der Waals surface area contributed by atoms with Crippen molar-refractivity contribution in [2.24, 2.45) is 0 Å². The maximum atomic E-state index is 13.0. The van der Waals surface area contributed by atoms with Crippen LogP contribution in [-0.4, -0.2) is 73.0 Å². The van der Waals surface area contributed by atoms with E-state index >= 15 is 0 Å². The Hall–Kier alpha value is -3.14. The molecule has 6 nitrogen and oxygen atoms in total. The summed E-state index contributed by atoms with van der Waals surface area (Å²) in [7, 11) is 0. The van der Waals surface area contributed by atoms with Crippen LogP contribution in [0.4, 0.5) is 0 Å². The summed E-state index contributed by atoms with van der Waals surface area (Å²) in [4.78, 5) is 19.3. The largest absolute Gasteiger partial charge is 0.374 e. The molecule has 0 bridgehead atoms. The first-order chi connectivity index (χ1) is 15.3. The van der Waals surface area contributed by atoms with Gasteiger partial charge in [-0.2, -0.15) is 5.26 Å². The molecule has 2 heterocycles. The third kappa shape index (κ3) is 5.13. The Labute approximate surface area is 184 Å². The van der Waals surface area contributed by atoms with Gasteiger partial charge in [0.1, 0.15) is 11.6 Å². The molecule has 2 fully saturated rings. The van der Waals surface area contributed by atoms with E-state index in [1.807, 2.05) is 17.0 Å². The van der Waals surface area contributed by atoms with Gasteiger partial charge in [0, 0.05) is 58.6 Å². The van der Waals surface area contributed by atoms with Crippen molar-refractivity contribution in [3.05, 3.63) is 83.6 Å². The first-order valence-electron chi connectivity index (χ1n) is 11.0. The predicted octanol–water partition coefficient (Wildman–Crippen LogP) is 2.23. The zero-order chi connectivity index (χ0) is 21.5. The second-order valence-electron chi connectivity index (χ2n) is 7.99. The lowest BCUT2D eigenvalue weighted by atomic mass is 9.96. The number of carbonyl (C=O) groups excluding carboxylic acids is 1. The smallest absolute Gasteiger partial charge is 0.266 e. The van der Waals surface area contributed by atoms with Crippen molar-refractivity contribution < 1.29 is 4.79 Å². The van der Waals surface area contributed by atoms with Gasteiger partial charge in [0.2, 0.25) is 0 Å². The van der Waals surface area contributed by atoms with Gasteiger partial charge in [0.25, 0.3) is 5.91 Å². The molecule has 0 radical (unpaired) electrons. The molecule has 6 heteroatoms. The van der Waals surface area contributed by atoms with Crippen LogP contribution in [0.1, 0.15) is 17.2 Å². The highest BCUT2D eigenvalue weighted by atomic mass is 16.2. The van der Waals surface area contributed by atoms with E-state index in [1.54, 1.807) is 6.20 Å². The Balaban J connectivity index is 1.45. The van der Waals surface area contributed by atoms with E-state index < -0.39 is 0 Å². The molecule has 1 amide bonds. The van der Waals surface area contributed by atoms with Crippen LogP contribution in [0, 0.1) is 11.3 Å². The summed E-state index contributed by atoms with van der Waals surface area (Å²) in [6, 6.07) is 23.3. The van der Waals surface area contributed by atoms with Gasteiger partial charge >= 0.3 is 0 Å². The monoisotopic (exact) mass is 415 g/mol. The van der Waals surface area contributed by atoms with Gasteiger partial charge in [-0.3, -0.25) is 9.69 Å². The minimum atomic E-state index is -0.156. The number of carbonyl (C=O) groups is 1. The van der Waals surface area contributed by atoms with Crippen molar-refractivity contribution in [1.29, 1.82) is 5.26 Å². The standard InChI is InChI=1S/C25H29N5O/c26-19-23(20-28-13-11-27-12-14-28)25(31)30-17-15-29(16-18-30)24(21-7-3-1-4-8-21)22-9-5-2-6-10-22/h1-10,20,24,27H,11-18H2/b23-20-. The van der Waals surface area contributed by atoms with Crippen molar-refractivity contribution in [2.75, 3.05) is 52.4 Å². The number of hydrogen-bond acceptors (Lipinski definition) is 5. The highest BCUT2D eigenvalue weighted by Gasteiger charge is 2.29. The number of nitrogens with zero attached hydrogens (tertiary/aromatic N) is 4. The molecule has 0 unspecified atom stereocenters. The summed E-state index contributed by atoms with van der Waals surface area (Å²) in [6.45, 7) is 6.18. The van der Waals surface area contributed by atoms with Gasteiger partial charge in [-0.05, 0) is 11.1 Å². The maximum Gasteiger partial charge on any atom is 0.266 e. The number of hydrogen-bond donors (Lipinski definition) is 1. The Kier molecular flexibility index (Phi) is 6.98. The molecule has 2 aliphatic rings. The Morgan fingerprint density at radius 2 is 1.42 bits per heavy atom. The summed E-state index contributed by atoms with van der Waals surface area (Å²) < 4.78 is 0. The van der Waals surface area contributed by atoms with Crippen molar-refractivity contribution in [1.82, 2.24) is 20.0 Å². The zero-order valence-electron chi connectivity index (χ0n) is 17.8. The lowest BCUT2D eigenvalue weighted by Gasteiger charge is -2.39. The van der Waals surface area contributed by atoms with Crippen LogP contribution in [0.3, 0.4) is 0 Å². The molecule has 2 aromatic carbocycles. The molecule has 31 heavy (non-hydrogen) atoms. The first-order valence-corrected chi connectivity index (χ1v) is 11.0. The summed E-state index contributed by atoms with van der Waals surface area (Å²) in [5, 5.41) is 12.9. The van der Waals surface area contributed by atoms with Gasteiger partial charge < -0.3 is 15.1 Å². The zero-order valence-corrected chi connectivity index (χ0v) is 17.8. The van der Waals surface area contributed by atoms with E-state index in [4.69, 9.17) is 0 Å². The Bertz CT molecular complexity index is 884. The molecule has 2 aromatic rings. The molecule has 1 N–H and O–H groups in total. The average molecular weight is 416 g/mol. The van der Waals surface area contributed by atoms with E-state index in [0.717, 1.165) is 39.3 Å².